The zero-order chi connectivity index (χ0) is 109. The predicted molar refractivity (Wildman–Crippen MR) is 684 cm³/mol. The van der Waals surface area contributed by atoms with Gasteiger partial charge in [-0.3, -0.25) is 0 Å². The van der Waals surface area contributed by atoms with Crippen LogP contribution >= 0.6 is 0 Å². The summed E-state index contributed by atoms with van der Waals surface area (Å²) < 4.78 is 0. The predicted octanol–water partition coefficient (Wildman–Crippen LogP) is 49.6. The van der Waals surface area contributed by atoms with Gasteiger partial charge in [0.2, 0.25) is 0 Å². The molecule has 0 atom stereocenters. The van der Waals surface area contributed by atoms with Crippen LogP contribution in [-0.4, -0.2) is 0 Å². The molecule has 0 aliphatic carbocycles. The smallest absolute Gasteiger partial charge is 0.00990 e. The maximum absolute atomic E-state index is 2.31. The summed E-state index contributed by atoms with van der Waals surface area (Å²) >= 11 is 0. The number of fused-ring (bicyclic) bond motifs is 10. The Morgan fingerprint density at radius 2 is 0.250 bits per heavy atom. The summed E-state index contributed by atoms with van der Waals surface area (Å²) in [6.07, 6.45) is 5.00. The van der Waals surface area contributed by atoms with Crippen LogP contribution in [-0.2, 0) is 0 Å². The molecule has 0 heterocycles. The third kappa shape index (κ3) is 35.9. The van der Waals surface area contributed by atoms with Crippen LogP contribution in [0.1, 0.15) is 247 Å². The lowest BCUT2D eigenvalue weighted by molar-refractivity contribution is 1.09. The molecule has 0 spiro atoms. The molecule has 22 aromatic rings. The highest BCUT2D eigenvalue weighted by atomic mass is 14.2. The second-order valence-corrected chi connectivity index (χ2v) is 31.8. The zero-order valence-corrected chi connectivity index (χ0v) is 96.7. The maximum atomic E-state index is 2.31. The Kier molecular flexibility index (Phi) is 65.6. The van der Waals surface area contributed by atoms with E-state index in [-0.39, 0.29) is 0 Å². The minimum Gasteiger partial charge on any atom is -0.0683 e. The Balaban J connectivity index is 0.000000460. The first kappa shape index (κ1) is 128. The Morgan fingerprint density at radius 1 is 0.0946 bits per heavy atom. The lowest BCUT2D eigenvalue weighted by Gasteiger charge is -2.14. The topological polar surface area (TPSA) is 0 Å². The van der Waals surface area contributed by atoms with Crippen molar-refractivity contribution in [2.45, 2.75) is 247 Å². The third-order valence-electron chi connectivity index (χ3n) is 22.2. The fourth-order valence-electron chi connectivity index (χ4n) is 16.6. The molecular formula is C148H180. The molecule has 0 aliphatic heterocycles. The molecular weight excluding hydrogens is 1780 g/mol. The molecule has 0 N–H and O–H groups in total. The summed E-state index contributed by atoms with van der Waals surface area (Å²) in [5.41, 5.74) is 20.3. The largest absolute Gasteiger partial charge is 0.0683 e. The lowest BCUT2D eigenvalue weighted by atomic mass is 9.89. The third-order valence-corrected chi connectivity index (χ3v) is 22.2. The fraction of sp³-hybridized carbons (Fsp3) is 0.243. The van der Waals surface area contributed by atoms with E-state index in [1.165, 1.54) is 222 Å². The van der Waals surface area contributed by atoms with Crippen LogP contribution in [0.25, 0.3) is 197 Å². The van der Waals surface area contributed by atoms with Gasteiger partial charge in [-0.1, -0.05) is 672 Å². The van der Waals surface area contributed by atoms with Crippen LogP contribution in [0.5, 0.6) is 0 Å². The molecule has 0 saturated heterocycles. The van der Waals surface area contributed by atoms with Crippen LogP contribution in [0.3, 0.4) is 0 Å². The molecule has 22 aromatic carbocycles. The van der Waals surface area contributed by atoms with Gasteiger partial charge in [0.15, 0.2) is 0 Å². The van der Waals surface area contributed by atoms with E-state index in [0.717, 1.165) is 0 Å². The van der Waals surface area contributed by atoms with Gasteiger partial charge in [0.05, 0.1) is 0 Å². The summed E-state index contributed by atoms with van der Waals surface area (Å²) in [6.45, 7) is 65.0. The number of hydrogen-bond donors (Lipinski definition) is 0. The highest BCUT2D eigenvalue weighted by Gasteiger charge is 2.16. The first-order valence-electron chi connectivity index (χ1n) is 56.3. The van der Waals surface area contributed by atoms with Crippen molar-refractivity contribution in [3.05, 3.63) is 461 Å². The van der Waals surface area contributed by atoms with Gasteiger partial charge in [0.25, 0.3) is 0 Å². The van der Waals surface area contributed by atoms with Crippen molar-refractivity contribution in [3.63, 3.8) is 0 Å². The van der Waals surface area contributed by atoms with Crippen molar-refractivity contribution in [1.82, 2.24) is 0 Å². The van der Waals surface area contributed by atoms with Crippen LogP contribution in [0.2, 0.25) is 0 Å². The average Bonchev–Trinajstić information content (AvgIpc) is 0.763. The first-order chi connectivity index (χ1) is 73.2. The minimum atomic E-state index is 1.25. The molecule has 0 amide bonds. The van der Waals surface area contributed by atoms with Gasteiger partial charge in [-0.05, 0) is 233 Å². The van der Waals surface area contributed by atoms with Crippen LogP contribution in [0.15, 0.2) is 461 Å². The Morgan fingerprint density at radius 3 is 0.541 bits per heavy atom. The molecule has 0 unspecified atom stereocenters. The maximum Gasteiger partial charge on any atom is -0.00990 e. The van der Waals surface area contributed by atoms with E-state index in [4.69, 9.17) is 0 Å². The standard InChI is InChI=1S/3C30H20.C22H16.4C3H8.12C2H6/c1-3-13-23-21(9-1)11-5-15-25(23)27-17-7-20-30-28(18-8-19-29(27)30)26-16-6-12-22-10-2-4-14-24(22)26;1-3-9-23-19-25(17-15-21(23)7-1)27-11-5-14-30-28(12-6-13-29(27)30)26-18-16-22-8-2-4-10-24(22)20-26;1-3-8-23-18-25(14-12-21(23)6-1)26-16-17-30-27(20-26)10-5-11-29(30)28-15-13-22-7-2-4-9-24(22)19-28;1-3-8-17(9-4-1)19-14-15-22-20(16-19)12-7-13-21(22)18-10-5-2-6-11-18;4*1-3-2;12*1-2/h3*1-20H;1-16H;4*3H2,1-2H3;12*1-2H3. The molecule has 772 valence electrons. The minimum absolute atomic E-state index is 1.25. The van der Waals surface area contributed by atoms with E-state index in [2.05, 4.69) is 516 Å². The molecule has 0 fully saturated rings. The van der Waals surface area contributed by atoms with Gasteiger partial charge >= 0.3 is 0 Å². The van der Waals surface area contributed by atoms with Crippen molar-refractivity contribution in [2.24, 2.45) is 0 Å². The number of hydrogen-bond acceptors (Lipinski definition) is 0. The van der Waals surface area contributed by atoms with E-state index >= 15 is 0 Å². The van der Waals surface area contributed by atoms with Crippen LogP contribution in [0.4, 0.5) is 0 Å². The van der Waals surface area contributed by atoms with Crippen LogP contribution in [0, 0.1) is 0 Å². The van der Waals surface area contributed by atoms with Crippen molar-refractivity contribution in [3.8, 4) is 89.0 Å². The molecule has 0 heteroatoms. The van der Waals surface area contributed by atoms with E-state index in [1.807, 2.05) is 166 Å². The summed E-state index contributed by atoms with van der Waals surface area (Å²) in [7, 11) is 0. The Hall–Kier alpha value is -14.6. The van der Waals surface area contributed by atoms with Gasteiger partial charge in [-0.25, -0.2) is 0 Å². The highest BCUT2D eigenvalue weighted by Crippen LogP contribution is 2.43. The summed E-state index contributed by atoms with van der Waals surface area (Å²) in [6, 6.07) is 166. The SMILES string of the molecule is CC.CC.CC.CC.CC.CC.CC.CC.CC.CC.CC.CC.CCC.CCC.CCC.CCC.c1ccc(-c2ccc3c(-c4ccccc4)cccc3c2)cc1.c1ccc2c(-c3cccc4c(-c5cccc6ccccc56)cccc34)cccc2c1.c1ccc2cc(-c3ccc4c(-c5ccc6ccccc6c5)cccc4c3)ccc2c1.c1ccc2cc(-c3cccc4c(-c5ccc6ccccc6c5)cccc34)ccc2c1. The van der Waals surface area contributed by atoms with Crippen molar-refractivity contribution >= 4 is 108 Å². The summed E-state index contributed by atoms with van der Waals surface area (Å²) in [5.74, 6) is 0. The van der Waals surface area contributed by atoms with Gasteiger partial charge in [-0.15, -0.1) is 0 Å². The zero-order valence-electron chi connectivity index (χ0n) is 96.7. The molecule has 0 aliphatic rings. The molecule has 0 nitrogen and oxygen atoms in total. The Labute approximate surface area is 898 Å². The van der Waals surface area contributed by atoms with E-state index in [9.17, 15) is 0 Å². The fourth-order valence-corrected chi connectivity index (χ4v) is 16.6. The van der Waals surface area contributed by atoms with Gasteiger partial charge in [-0.2, -0.15) is 0 Å². The molecule has 0 saturated carbocycles. The van der Waals surface area contributed by atoms with Crippen molar-refractivity contribution in [2.75, 3.05) is 0 Å². The van der Waals surface area contributed by atoms with E-state index < -0.39 is 0 Å². The lowest BCUT2D eigenvalue weighted by Crippen LogP contribution is -1.87. The molecule has 0 aromatic heterocycles. The van der Waals surface area contributed by atoms with Gasteiger partial charge < -0.3 is 0 Å². The second kappa shape index (κ2) is 76.1. The van der Waals surface area contributed by atoms with E-state index in [1.54, 1.807) is 0 Å². The molecule has 148 heavy (non-hydrogen) atoms. The van der Waals surface area contributed by atoms with Crippen molar-refractivity contribution < 1.29 is 0 Å². The quantitative estimate of drug-likeness (QED) is 0.142. The average molecular weight is 1960 g/mol. The van der Waals surface area contributed by atoms with E-state index in [0.29, 0.717) is 0 Å². The van der Waals surface area contributed by atoms with Crippen LogP contribution < -0.4 is 0 Å². The normalized spacial score (nSPS) is 9.46. The van der Waals surface area contributed by atoms with Gasteiger partial charge in [0.1, 0.15) is 0 Å². The molecule has 0 radical (unpaired) electrons. The highest BCUT2D eigenvalue weighted by molar-refractivity contribution is 6.13. The Bertz CT molecular complexity index is 7080. The monoisotopic (exact) mass is 1960 g/mol. The molecule has 22 rings (SSSR count). The summed E-state index contributed by atoms with van der Waals surface area (Å²) in [5, 5.41) is 25.7. The second-order valence-electron chi connectivity index (χ2n) is 31.8. The van der Waals surface area contributed by atoms with Crippen molar-refractivity contribution in [1.29, 1.82) is 0 Å². The number of rotatable bonds is 8. The number of benzene rings is 22. The molecule has 0 bridgehead atoms. The summed E-state index contributed by atoms with van der Waals surface area (Å²) in [4.78, 5) is 0. The van der Waals surface area contributed by atoms with Gasteiger partial charge in [0, 0.05) is 0 Å². The first-order valence-corrected chi connectivity index (χ1v) is 56.3.